The number of ether oxygens (including phenoxy) is 1. The Bertz CT molecular complexity index is 613. The Morgan fingerprint density at radius 2 is 1.83 bits per heavy atom. The van der Waals surface area contributed by atoms with Gasteiger partial charge in [-0.2, -0.15) is 26.3 Å². The zero-order chi connectivity index (χ0) is 18.7. The third kappa shape index (κ3) is 4.80. The van der Waals surface area contributed by atoms with Gasteiger partial charge in [0, 0.05) is 20.3 Å². The van der Waals surface area contributed by atoms with E-state index in [2.05, 4.69) is 9.72 Å². The molecule has 1 amide bonds. The van der Waals surface area contributed by atoms with Crippen LogP contribution in [-0.2, 0) is 15.7 Å². The number of aromatic nitrogens is 1. The van der Waals surface area contributed by atoms with Crippen LogP contribution in [0.4, 0.5) is 31.5 Å². The maximum atomic E-state index is 12.8. The Morgan fingerprint density at radius 3 is 2.21 bits per heavy atom. The average molecular weight is 380 g/mol. The van der Waals surface area contributed by atoms with Crippen molar-refractivity contribution in [2.24, 2.45) is 0 Å². The van der Waals surface area contributed by atoms with Gasteiger partial charge in [-0.15, -0.1) is 0 Å². The molecule has 0 unspecified atom stereocenters. The molecule has 1 aromatic heterocycles. The van der Waals surface area contributed by atoms with E-state index in [1.807, 2.05) is 0 Å². The Balaban J connectivity index is 3.32. The number of hydrogen-bond donors (Lipinski definition) is 1. The van der Waals surface area contributed by atoms with E-state index in [9.17, 15) is 35.9 Å². The summed E-state index contributed by atoms with van der Waals surface area (Å²) >= 11 is -0.161. The number of nitrogens with zero attached hydrogens (tertiary/aromatic N) is 2. The van der Waals surface area contributed by atoms with Crippen molar-refractivity contribution in [1.82, 2.24) is 4.98 Å². The molecule has 0 saturated heterocycles. The van der Waals surface area contributed by atoms with E-state index in [1.54, 1.807) is 0 Å². The molecule has 0 aliphatic carbocycles. The number of methoxy groups -OCH3 is 1. The van der Waals surface area contributed by atoms with Crippen molar-refractivity contribution in [2.75, 3.05) is 25.2 Å². The highest BCUT2D eigenvalue weighted by molar-refractivity contribution is 7.17. The molecule has 0 saturated carbocycles. The molecule has 0 spiro atoms. The van der Waals surface area contributed by atoms with Crippen LogP contribution in [0.3, 0.4) is 0 Å². The van der Waals surface area contributed by atoms with Crippen molar-refractivity contribution >= 4 is 28.3 Å². The monoisotopic (exact) mass is 380 g/mol. The first-order valence-electron chi connectivity index (χ1n) is 6.08. The van der Waals surface area contributed by atoms with Crippen LogP contribution in [0.2, 0.25) is 0 Å². The summed E-state index contributed by atoms with van der Waals surface area (Å²) in [5, 5.41) is 7.76. The standard InChI is InChI=1S/C11H10F6N2O4S/c1-23-4-2-3-19(8(22)11(15,16)17)9-18-6(10(12,13)14)5(24-9)7(20)21/h2-4H2,1H3,(H,20,21). The molecule has 1 N–H and O–H groups in total. The fourth-order valence-electron chi connectivity index (χ4n) is 1.57. The minimum atomic E-state index is -5.36. The lowest BCUT2D eigenvalue weighted by molar-refractivity contribution is -0.170. The number of carboxylic acid groups (broad SMARTS) is 1. The van der Waals surface area contributed by atoms with Crippen molar-refractivity contribution in [1.29, 1.82) is 0 Å². The lowest BCUT2D eigenvalue weighted by Crippen LogP contribution is -2.42. The SMILES string of the molecule is COCCCN(C(=O)C(F)(F)F)c1nc(C(F)(F)F)c(C(=O)O)s1. The predicted octanol–water partition coefficient (Wildman–Crippen LogP) is 2.79. The molecule has 1 heterocycles. The van der Waals surface area contributed by atoms with Crippen LogP contribution in [0.15, 0.2) is 0 Å². The normalized spacial score (nSPS) is 12.3. The van der Waals surface area contributed by atoms with Crippen molar-refractivity contribution < 1.29 is 45.8 Å². The van der Waals surface area contributed by atoms with Gasteiger partial charge in [0.2, 0.25) is 0 Å². The molecule has 0 aromatic carbocycles. The fourth-order valence-corrected chi connectivity index (χ4v) is 2.51. The van der Waals surface area contributed by atoms with Gasteiger partial charge < -0.3 is 9.84 Å². The quantitative estimate of drug-likeness (QED) is 0.607. The molecule has 0 atom stereocenters. The summed E-state index contributed by atoms with van der Waals surface area (Å²) in [6.45, 7) is -0.707. The van der Waals surface area contributed by atoms with Crippen LogP contribution in [0.25, 0.3) is 0 Å². The summed E-state index contributed by atoms with van der Waals surface area (Å²) in [6.07, 6.45) is -10.7. The Morgan fingerprint density at radius 1 is 1.25 bits per heavy atom. The van der Waals surface area contributed by atoms with Crippen molar-refractivity contribution in [3.8, 4) is 0 Å². The van der Waals surface area contributed by atoms with Gasteiger partial charge in [0.1, 0.15) is 4.88 Å². The summed E-state index contributed by atoms with van der Waals surface area (Å²) in [6, 6.07) is 0. The van der Waals surface area contributed by atoms with Crippen molar-refractivity contribution in [3.05, 3.63) is 10.6 Å². The lowest BCUT2D eigenvalue weighted by Gasteiger charge is -2.20. The van der Waals surface area contributed by atoms with E-state index in [1.165, 1.54) is 7.11 Å². The Labute approximate surface area is 134 Å². The van der Waals surface area contributed by atoms with Crippen LogP contribution < -0.4 is 4.90 Å². The van der Waals surface area contributed by atoms with Gasteiger partial charge in [0.25, 0.3) is 0 Å². The second-order valence-electron chi connectivity index (χ2n) is 4.28. The van der Waals surface area contributed by atoms with E-state index in [0.29, 0.717) is 0 Å². The van der Waals surface area contributed by atoms with Crippen LogP contribution in [0, 0.1) is 0 Å². The zero-order valence-electron chi connectivity index (χ0n) is 11.9. The molecular weight excluding hydrogens is 370 g/mol. The molecular formula is C11H10F6N2O4S. The topological polar surface area (TPSA) is 79.7 Å². The molecule has 13 heteroatoms. The largest absolute Gasteiger partial charge is 0.477 e. The number of carbonyl (C=O) groups is 2. The van der Waals surface area contributed by atoms with E-state index >= 15 is 0 Å². The van der Waals surface area contributed by atoms with Crippen molar-refractivity contribution in [3.63, 3.8) is 0 Å². The van der Waals surface area contributed by atoms with Gasteiger partial charge in [-0.25, -0.2) is 9.78 Å². The molecule has 0 fully saturated rings. The van der Waals surface area contributed by atoms with Gasteiger partial charge in [0.05, 0.1) is 0 Å². The minimum absolute atomic E-state index is 0.0363. The van der Waals surface area contributed by atoms with Gasteiger partial charge in [-0.1, -0.05) is 11.3 Å². The number of carbonyl (C=O) groups excluding carboxylic acids is 1. The van der Waals surface area contributed by atoms with Gasteiger partial charge in [0.15, 0.2) is 10.8 Å². The maximum absolute atomic E-state index is 12.8. The highest BCUT2D eigenvalue weighted by atomic mass is 32.1. The van der Waals surface area contributed by atoms with Crippen LogP contribution in [0.1, 0.15) is 21.8 Å². The molecule has 0 aliphatic heterocycles. The predicted molar refractivity (Wildman–Crippen MR) is 69.0 cm³/mol. The van der Waals surface area contributed by atoms with Gasteiger partial charge in [-0.3, -0.25) is 9.69 Å². The molecule has 136 valence electrons. The van der Waals surface area contributed by atoms with Crippen LogP contribution in [-0.4, -0.2) is 48.4 Å². The number of carboxylic acids is 1. The first kappa shape index (κ1) is 20.2. The third-order valence-corrected chi connectivity index (χ3v) is 3.59. The Kier molecular flexibility index (Phi) is 6.16. The highest BCUT2D eigenvalue weighted by Crippen LogP contribution is 2.38. The number of halogens is 6. The molecule has 24 heavy (non-hydrogen) atoms. The third-order valence-electron chi connectivity index (χ3n) is 2.53. The summed E-state index contributed by atoms with van der Waals surface area (Å²) < 4.78 is 80.7. The fraction of sp³-hybridized carbons (Fsp3) is 0.545. The van der Waals surface area contributed by atoms with E-state index in [0.717, 1.165) is 0 Å². The number of alkyl halides is 6. The van der Waals surface area contributed by atoms with E-state index in [-0.39, 0.29) is 29.3 Å². The summed E-state index contributed by atoms with van der Waals surface area (Å²) in [7, 11) is 1.24. The highest BCUT2D eigenvalue weighted by Gasteiger charge is 2.46. The molecule has 0 aliphatic rings. The van der Waals surface area contributed by atoms with Gasteiger partial charge >= 0.3 is 24.2 Å². The zero-order valence-corrected chi connectivity index (χ0v) is 12.7. The first-order chi connectivity index (χ1) is 10.9. The summed E-state index contributed by atoms with van der Waals surface area (Å²) in [5.41, 5.74) is -1.86. The van der Waals surface area contributed by atoms with Crippen LogP contribution >= 0.6 is 11.3 Å². The van der Waals surface area contributed by atoms with Gasteiger partial charge in [-0.05, 0) is 6.42 Å². The summed E-state index contributed by atoms with van der Waals surface area (Å²) in [4.78, 5) is 23.8. The smallest absolute Gasteiger partial charge is 0.471 e. The number of hydrogen-bond acceptors (Lipinski definition) is 5. The molecule has 1 rings (SSSR count). The number of thiazole rings is 1. The maximum Gasteiger partial charge on any atom is 0.471 e. The number of anilines is 1. The van der Waals surface area contributed by atoms with Crippen LogP contribution in [0.5, 0.6) is 0 Å². The van der Waals surface area contributed by atoms with E-state index < -0.39 is 46.5 Å². The first-order valence-corrected chi connectivity index (χ1v) is 6.90. The van der Waals surface area contributed by atoms with E-state index in [4.69, 9.17) is 5.11 Å². The lowest BCUT2D eigenvalue weighted by atomic mass is 10.3. The average Bonchev–Trinajstić information content (AvgIpc) is 2.87. The number of rotatable bonds is 6. The molecule has 6 nitrogen and oxygen atoms in total. The van der Waals surface area contributed by atoms with Crippen molar-refractivity contribution in [2.45, 2.75) is 18.8 Å². The second kappa shape index (κ2) is 7.34. The Hall–Kier alpha value is -1.89. The molecule has 0 bridgehead atoms. The molecule has 1 aromatic rings. The molecule has 0 radical (unpaired) electrons. The number of aromatic carboxylic acids is 1. The number of amides is 1. The minimum Gasteiger partial charge on any atom is -0.477 e. The summed E-state index contributed by atoms with van der Waals surface area (Å²) in [5.74, 6) is -4.46. The second-order valence-corrected chi connectivity index (χ2v) is 5.26.